The molecule has 1 N–H and O–H groups in total. The van der Waals surface area contributed by atoms with E-state index < -0.39 is 0 Å². The third-order valence-corrected chi connectivity index (χ3v) is 7.46. The monoisotopic (exact) mass is 465 g/mol. The Morgan fingerprint density at radius 3 is 2.67 bits per heavy atom. The number of carbonyl (C=O) groups is 1. The zero-order valence-corrected chi connectivity index (χ0v) is 20.5. The number of nitrogens with one attached hydrogen (secondary N) is 1. The van der Waals surface area contributed by atoms with E-state index in [1.807, 2.05) is 26.0 Å². The number of benzene rings is 1. The molecule has 0 spiro atoms. The number of thiophene rings is 1. The van der Waals surface area contributed by atoms with Crippen LogP contribution in [0.4, 0.5) is 5.69 Å². The van der Waals surface area contributed by atoms with Crippen molar-refractivity contribution in [3.63, 3.8) is 0 Å². The molecule has 0 saturated heterocycles. The van der Waals surface area contributed by atoms with Crippen molar-refractivity contribution in [1.29, 1.82) is 0 Å². The van der Waals surface area contributed by atoms with Crippen molar-refractivity contribution < 1.29 is 4.79 Å². The Hall–Kier alpha value is -2.97. The third kappa shape index (κ3) is 4.86. The molecule has 33 heavy (non-hydrogen) atoms. The summed E-state index contributed by atoms with van der Waals surface area (Å²) in [6, 6.07) is 8.07. The molecule has 3 heterocycles. The fourth-order valence-electron chi connectivity index (χ4n) is 4.14. The Morgan fingerprint density at radius 1 is 1.12 bits per heavy atom. The van der Waals surface area contributed by atoms with Crippen LogP contribution in [0, 0.1) is 13.8 Å². The number of carbonyl (C=O) groups excluding carboxylic acids is 1. The number of anilines is 1. The molecule has 7 nitrogen and oxygen atoms in total. The molecule has 0 fully saturated rings. The maximum atomic E-state index is 12.8. The third-order valence-electron chi connectivity index (χ3n) is 6.34. The van der Waals surface area contributed by atoms with Gasteiger partial charge in [-0.1, -0.05) is 13.8 Å². The summed E-state index contributed by atoms with van der Waals surface area (Å²) in [5.74, 6) is -0.125. The Morgan fingerprint density at radius 2 is 1.91 bits per heavy atom. The Balaban J connectivity index is 1.40. The first-order valence-electron chi connectivity index (χ1n) is 11.5. The minimum absolute atomic E-state index is 0.0814. The number of likely N-dealkylation sites (N-methyl/N-ethyl adjacent to an activating group) is 1. The average Bonchev–Trinajstić information content (AvgIpc) is 3.34. The average molecular weight is 466 g/mol. The fourth-order valence-corrected chi connectivity index (χ4v) is 5.12. The van der Waals surface area contributed by atoms with Crippen LogP contribution >= 0.6 is 11.3 Å². The second-order valence-corrected chi connectivity index (χ2v) is 9.52. The molecule has 0 atom stereocenters. The zero-order chi connectivity index (χ0) is 23.5. The summed E-state index contributed by atoms with van der Waals surface area (Å²) in [6.45, 7) is 12.7. The lowest BCUT2D eigenvalue weighted by molar-refractivity contribution is -0.116. The van der Waals surface area contributed by atoms with Crippen LogP contribution < -0.4 is 10.9 Å². The summed E-state index contributed by atoms with van der Waals surface area (Å²) >= 11 is 1.53. The highest BCUT2D eigenvalue weighted by Crippen LogP contribution is 2.25. The largest absolute Gasteiger partial charge is 0.346 e. The lowest BCUT2D eigenvalue weighted by Crippen LogP contribution is -2.26. The number of aromatic nitrogens is 3. The van der Waals surface area contributed by atoms with Gasteiger partial charge in [0.1, 0.15) is 4.83 Å². The van der Waals surface area contributed by atoms with Crippen molar-refractivity contribution in [2.24, 2.45) is 0 Å². The number of hydrogen-bond acceptors (Lipinski definition) is 5. The summed E-state index contributed by atoms with van der Waals surface area (Å²) in [4.78, 5) is 34.0. The Kier molecular flexibility index (Phi) is 6.95. The first kappa shape index (κ1) is 23.2. The van der Waals surface area contributed by atoms with Gasteiger partial charge in [0.2, 0.25) is 5.91 Å². The molecule has 174 valence electrons. The van der Waals surface area contributed by atoms with Crippen LogP contribution in [0.3, 0.4) is 0 Å². The summed E-state index contributed by atoms with van der Waals surface area (Å²) in [6.07, 6.45) is 3.85. The van der Waals surface area contributed by atoms with E-state index >= 15 is 0 Å². The van der Waals surface area contributed by atoms with Gasteiger partial charge >= 0.3 is 0 Å². The van der Waals surface area contributed by atoms with Gasteiger partial charge in [-0.3, -0.25) is 14.2 Å². The summed E-state index contributed by atoms with van der Waals surface area (Å²) in [7, 11) is 0. The number of fused-ring (bicyclic) bond motifs is 2. The van der Waals surface area contributed by atoms with Gasteiger partial charge in [0.15, 0.2) is 0 Å². The first-order chi connectivity index (χ1) is 15.9. The molecule has 4 rings (SSSR count). The molecular weight excluding hydrogens is 434 g/mol. The minimum Gasteiger partial charge on any atom is -0.346 e. The highest BCUT2D eigenvalue weighted by atomic mass is 32.1. The van der Waals surface area contributed by atoms with Gasteiger partial charge in [0.05, 0.1) is 11.7 Å². The lowest BCUT2D eigenvalue weighted by atomic mass is 10.2. The molecule has 0 aliphatic heterocycles. The quantitative estimate of drug-likeness (QED) is 0.398. The number of nitrogens with zero attached hydrogens (tertiary/aromatic N) is 4. The van der Waals surface area contributed by atoms with E-state index in [4.69, 9.17) is 0 Å². The van der Waals surface area contributed by atoms with Crippen molar-refractivity contribution in [2.45, 2.75) is 47.2 Å². The zero-order valence-electron chi connectivity index (χ0n) is 19.7. The molecule has 0 aliphatic rings. The molecular formula is C25H31N5O2S. The van der Waals surface area contributed by atoms with Gasteiger partial charge in [0, 0.05) is 53.7 Å². The summed E-state index contributed by atoms with van der Waals surface area (Å²) in [5, 5.41) is 4.73. The van der Waals surface area contributed by atoms with Crippen molar-refractivity contribution >= 4 is 44.1 Å². The van der Waals surface area contributed by atoms with Crippen molar-refractivity contribution in [1.82, 2.24) is 19.0 Å². The van der Waals surface area contributed by atoms with Crippen LogP contribution in [0.15, 0.2) is 41.6 Å². The first-order valence-corrected chi connectivity index (χ1v) is 12.3. The Labute approximate surface area is 197 Å². The molecule has 1 aromatic carbocycles. The minimum atomic E-state index is -0.125. The molecule has 0 unspecified atom stereocenters. The highest BCUT2D eigenvalue weighted by Gasteiger charge is 2.13. The van der Waals surface area contributed by atoms with E-state index in [2.05, 4.69) is 51.9 Å². The predicted molar refractivity (Wildman–Crippen MR) is 136 cm³/mol. The van der Waals surface area contributed by atoms with Crippen LogP contribution in [0.25, 0.3) is 21.1 Å². The lowest BCUT2D eigenvalue weighted by Gasteiger charge is -2.18. The maximum Gasteiger partial charge on any atom is 0.262 e. The van der Waals surface area contributed by atoms with Crippen LogP contribution in [0.1, 0.15) is 30.7 Å². The van der Waals surface area contributed by atoms with Crippen LogP contribution in [0.2, 0.25) is 0 Å². The summed E-state index contributed by atoms with van der Waals surface area (Å²) < 4.78 is 3.78. The molecule has 1 amide bonds. The number of aryl methyl sites for hydroxylation is 3. The SMILES string of the molecule is CCN(CC)CCn1ccc2cc(NC(=O)CCn3cnc4sc(C)c(C)c4c3=O)ccc21. The van der Waals surface area contributed by atoms with Gasteiger partial charge in [-0.25, -0.2) is 4.98 Å². The molecule has 0 aliphatic carbocycles. The van der Waals surface area contributed by atoms with Crippen molar-refractivity contribution in [2.75, 3.05) is 25.0 Å². The normalized spacial score (nSPS) is 11.7. The van der Waals surface area contributed by atoms with Gasteiger partial charge < -0.3 is 14.8 Å². The molecule has 3 aromatic heterocycles. The standard InChI is InChI=1S/C25H31N5O2S/c1-5-28(6-2)13-14-29-11-9-19-15-20(7-8-21(19)29)27-22(31)10-12-30-16-26-24-23(25(30)32)17(3)18(4)33-24/h7-9,11,15-16H,5-6,10,12-14H2,1-4H3,(H,27,31). The number of hydrogen-bond donors (Lipinski definition) is 1. The maximum absolute atomic E-state index is 12.8. The van der Waals surface area contributed by atoms with E-state index in [1.165, 1.54) is 15.9 Å². The molecule has 8 heteroatoms. The van der Waals surface area contributed by atoms with Gasteiger partial charge in [-0.2, -0.15) is 0 Å². The van der Waals surface area contributed by atoms with E-state index in [1.54, 1.807) is 6.33 Å². The highest BCUT2D eigenvalue weighted by molar-refractivity contribution is 7.18. The topological polar surface area (TPSA) is 72.2 Å². The smallest absolute Gasteiger partial charge is 0.262 e. The van der Waals surface area contributed by atoms with Crippen LogP contribution in [0.5, 0.6) is 0 Å². The van der Waals surface area contributed by atoms with Crippen LogP contribution in [-0.4, -0.2) is 44.6 Å². The van der Waals surface area contributed by atoms with E-state index in [0.29, 0.717) is 11.9 Å². The van der Waals surface area contributed by atoms with Crippen molar-refractivity contribution in [3.05, 3.63) is 57.6 Å². The fraction of sp³-hybridized carbons (Fsp3) is 0.400. The molecule has 0 radical (unpaired) electrons. The van der Waals surface area contributed by atoms with Crippen molar-refractivity contribution in [3.8, 4) is 0 Å². The molecule has 0 saturated carbocycles. The van der Waals surface area contributed by atoms with Gasteiger partial charge in [0.25, 0.3) is 5.56 Å². The van der Waals surface area contributed by atoms with E-state index in [0.717, 1.165) is 58.0 Å². The number of rotatable bonds is 9. The van der Waals surface area contributed by atoms with E-state index in [9.17, 15) is 9.59 Å². The van der Waals surface area contributed by atoms with E-state index in [-0.39, 0.29) is 17.9 Å². The molecule has 0 bridgehead atoms. The predicted octanol–water partition coefficient (Wildman–Crippen LogP) is 4.40. The summed E-state index contributed by atoms with van der Waals surface area (Å²) in [5.41, 5.74) is 2.82. The van der Waals surface area contributed by atoms with Crippen LogP contribution in [-0.2, 0) is 17.9 Å². The second-order valence-electron chi connectivity index (χ2n) is 8.31. The Bertz CT molecular complexity index is 1350. The second kappa shape index (κ2) is 9.89. The number of amides is 1. The van der Waals surface area contributed by atoms with Gasteiger partial charge in [-0.15, -0.1) is 11.3 Å². The molecule has 4 aromatic rings. The van der Waals surface area contributed by atoms with Gasteiger partial charge in [-0.05, 0) is 56.8 Å².